The number of unbranched alkanes of at least 4 members (excludes halogenated alkanes) is 2. The standard InChI is InChI=1S/C11H18O3/c1-11(9-12)7-5-3-4-6-8-14-10-13-2/h12H,1,3-4,6,8-10H2,2H3. The number of ether oxygens (including phenoxy) is 2. The maximum absolute atomic E-state index is 8.60. The highest BCUT2D eigenvalue weighted by atomic mass is 16.7. The first-order chi connectivity index (χ1) is 6.81. The third-order valence-electron chi connectivity index (χ3n) is 1.50. The van der Waals surface area contributed by atoms with E-state index in [1.165, 1.54) is 0 Å². The molecule has 0 aromatic carbocycles. The van der Waals surface area contributed by atoms with Gasteiger partial charge < -0.3 is 14.6 Å². The Morgan fingerprint density at radius 3 is 2.86 bits per heavy atom. The van der Waals surface area contributed by atoms with Crippen molar-refractivity contribution in [3.63, 3.8) is 0 Å². The van der Waals surface area contributed by atoms with E-state index in [-0.39, 0.29) is 6.61 Å². The molecule has 0 aromatic rings. The van der Waals surface area contributed by atoms with Crippen molar-refractivity contribution < 1.29 is 14.6 Å². The van der Waals surface area contributed by atoms with Crippen molar-refractivity contribution in [1.29, 1.82) is 0 Å². The Bertz CT molecular complexity index is 200. The molecule has 0 fully saturated rings. The molecule has 0 radical (unpaired) electrons. The van der Waals surface area contributed by atoms with Crippen molar-refractivity contribution in [1.82, 2.24) is 0 Å². The molecule has 0 bridgehead atoms. The number of methoxy groups -OCH3 is 1. The van der Waals surface area contributed by atoms with Crippen LogP contribution in [0.1, 0.15) is 19.3 Å². The lowest BCUT2D eigenvalue weighted by Gasteiger charge is -1.99. The van der Waals surface area contributed by atoms with Crippen molar-refractivity contribution in [2.75, 3.05) is 27.1 Å². The summed E-state index contributed by atoms with van der Waals surface area (Å²) >= 11 is 0. The Kier molecular flexibility index (Phi) is 9.66. The quantitative estimate of drug-likeness (QED) is 0.381. The van der Waals surface area contributed by atoms with Crippen molar-refractivity contribution in [2.24, 2.45) is 0 Å². The lowest BCUT2D eigenvalue weighted by atomic mass is 10.2. The van der Waals surface area contributed by atoms with Crippen LogP contribution in [0.4, 0.5) is 0 Å². The van der Waals surface area contributed by atoms with Crippen molar-refractivity contribution >= 4 is 0 Å². The zero-order chi connectivity index (χ0) is 10.6. The molecule has 14 heavy (non-hydrogen) atoms. The fourth-order valence-corrected chi connectivity index (χ4v) is 0.787. The molecule has 0 aliphatic rings. The van der Waals surface area contributed by atoms with Gasteiger partial charge in [0.2, 0.25) is 0 Å². The van der Waals surface area contributed by atoms with E-state index in [1.54, 1.807) is 7.11 Å². The van der Waals surface area contributed by atoms with Gasteiger partial charge in [-0.15, -0.1) is 0 Å². The second-order valence-corrected chi connectivity index (χ2v) is 2.84. The van der Waals surface area contributed by atoms with Crippen LogP contribution in [0.25, 0.3) is 0 Å². The molecule has 0 rings (SSSR count). The highest BCUT2D eigenvalue weighted by molar-refractivity contribution is 5.25. The SMILES string of the molecule is C=C(C#CCCCCOCOC)CO. The molecule has 0 amide bonds. The van der Waals surface area contributed by atoms with E-state index in [0.29, 0.717) is 19.0 Å². The Morgan fingerprint density at radius 1 is 1.43 bits per heavy atom. The highest BCUT2D eigenvalue weighted by Crippen LogP contribution is 1.95. The molecule has 0 heterocycles. The van der Waals surface area contributed by atoms with Gasteiger partial charge in [0.15, 0.2) is 0 Å². The molecule has 0 spiro atoms. The Labute approximate surface area is 85.7 Å². The van der Waals surface area contributed by atoms with E-state index in [0.717, 1.165) is 19.3 Å². The molecule has 3 nitrogen and oxygen atoms in total. The molecule has 0 saturated carbocycles. The summed E-state index contributed by atoms with van der Waals surface area (Å²) in [5.41, 5.74) is 0.570. The zero-order valence-corrected chi connectivity index (χ0v) is 8.71. The minimum Gasteiger partial charge on any atom is -0.391 e. The summed E-state index contributed by atoms with van der Waals surface area (Å²) in [5, 5.41) is 8.60. The van der Waals surface area contributed by atoms with Crippen LogP contribution < -0.4 is 0 Å². The van der Waals surface area contributed by atoms with Crippen LogP contribution in [-0.4, -0.2) is 32.2 Å². The van der Waals surface area contributed by atoms with Gasteiger partial charge in [0.1, 0.15) is 6.79 Å². The fraction of sp³-hybridized carbons (Fsp3) is 0.636. The summed E-state index contributed by atoms with van der Waals surface area (Å²) < 4.78 is 9.83. The summed E-state index contributed by atoms with van der Waals surface area (Å²) in [7, 11) is 1.60. The van der Waals surface area contributed by atoms with Crippen LogP contribution in [0, 0.1) is 11.8 Å². The molecule has 3 heteroatoms. The lowest BCUT2D eigenvalue weighted by Crippen LogP contribution is -1.97. The topological polar surface area (TPSA) is 38.7 Å². The van der Waals surface area contributed by atoms with Crippen LogP contribution >= 0.6 is 0 Å². The van der Waals surface area contributed by atoms with Crippen LogP contribution in [-0.2, 0) is 9.47 Å². The Balaban J connectivity index is 3.19. The van der Waals surface area contributed by atoms with Gasteiger partial charge in [-0.25, -0.2) is 0 Å². The summed E-state index contributed by atoms with van der Waals surface area (Å²) in [6, 6.07) is 0. The molecule has 1 N–H and O–H groups in total. The summed E-state index contributed by atoms with van der Waals surface area (Å²) in [5.74, 6) is 5.71. The van der Waals surface area contributed by atoms with Crippen LogP contribution in [0.3, 0.4) is 0 Å². The van der Waals surface area contributed by atoms with Crippen LogP contribution in [0.5, 0.6) is 0 Å². The number of aliphatic hydroxyl groups excluding tert-OH is 1. The van der Waals surface area contributed by atoms with Gasteiger partial charge in [-0.2, -0.15) is 0 Å². The predicted octanol–water partition coefficient (Wildman–Crippen LogP) is 1.33. The van der Waals surface area contributed by atoms with Gasteiger partial charge >= 0.3 is 0 Å². The van der Waals surface area contributed by atoms with Gasteiger partial charge in [-0.1, -0.05) is 18.4 Å². The first-order valence-electron chi connectivity index (χ1n) is 4.65. The van der Waals surface area contributed by atoms with Crippen molar-refractivity contribution in [3.05, 3.63) is 12.2 Å². The Hall–Kier alpha value is -0.820. The van der Waals surface area contributed by atoms with E-state index in [9.17, 15) is 0 Å². The second kappa shape index (κ2) is 10.3. The van der Waals surface area contributed by atoms with E-state index < -0.39 is 0 Å². The van der Waals surface area contributed by atoms with E-state index in [1.807, 2.05) is 0 Å². The monoisotopic (exact) mass is 198 g/mol. The van der Waals surface area contributed by atoms with E-state index in [4.69, 9.17) is 14.6 Å². The predicted molar refractivity (Wildman–Crippen MR) is 55.7 cm³/mol. The van der Waals surface area contributed by atoms with Crippen molar-refractivity contribution in [2.45, 2.75) is 19.3 Å². The number of aliphatic hydroxyl groups is 1. The number of rotatable bonds is 7. The van der Waals surface area contributed by atoms with Gasteiger partial charge in [0.25, 0.3) is 0 Å². The van der Waals surface area contributed by atoms with Gasteiger partial charge in [0.05, 0.1) is 6.61 Å². The minimum atomic E-state index is -0.0516. The Morgan fingerprint density at radius 2 is 2.21 bits per heavy atom. The zero-order valence-electron chi connectivity index (χ0n) is 8.71. The summed E-state index contributed by atoms with van der Waals surface area (Å²) in [6.45, 7) is 4.57. The highest BCUT2D eigenvalue weighted by Gasteiger charge is 1.87. The summed E-state index contributed by atoms with van der Waals surface area (Å²) in [4.78, 5) is 0. The molecule has 0 aliphatic carbocycles. The molecular formula is C11H18O3. The maximum Gasteiger partial charge on any atom is 0.146 e. The third-order valence-corrected chi connectivity index (χ3v) is 1.50. The molecule has 0 saturated heterocycles. The smallest absolute Gasteiger partial charge is 0.146 e. The van der Waals surface area contributed by atoms with Crippen LogP contribution in [0.15, 0.2) is 12.2 Å². The lowest BCUT2D eigenvalue weighted by molar-refractivity contribution is -0.0313. The minimum absolute atomic E-state index is 0.0516. The maximum atomic E-state index is 8.60. The average Bonchev–Trinajstić information content (AvgIpc) is 2.21. The largest absolute Gasteiger partial charge is 0.391 e. The molecule has 0 unspecified atom stereocenters. The second-order valence-electron chi connectivity index (χ2n) is 2.84. The molecule has 0 aliphatic heterocycles. The molecule has 0 atom stereocenters. The number of hydrogen-bond acceptors (Lipinski definition) is 3. The number of hydrogen-bond donors (Lipinski definition) is 1. The average molecular weight is 198 g/mol. The van der Waals surface area contributed by atoms with Gasteiger partial charge in [-0.05, 0) is 12.8 Å². The van der Waals surface area contributed by atoms with Gasteiger partial charge in [-0.3, -0.25) is 0 Å². The normalized spacial score (nSPS) is 9.29. The summed E-state index contributed by atoms with van der Waals surface area (Å²) in [6.07, 6.45) is 2.79. The third kappa shape index (κ3) is 9.27. The van der Waals surface area contributed by atoms with Gasteiger partial charge in [0, 0.05) is 25.7 Å². The molecular weight excluding hydrogens is 180 g/mol. The van der Waals surface area contributed by atoms with Crippen molar-refractivity contribution in [3.8, 4) is 11.8 Å². The molecule has 80 valence electrons. The first-order valence-corrected chi connectivity index (χ1v) is 4.65. The van der Waals surface area contributed by atoms with E-state index in [2.05, 4.69) is 18.4 Å². The first kappa shape index (κ1) is 13.2. The van der Waals surface area contributed by atoms with E-state index >= 15 is 0 Å². The fourth-order valence-electron chi connectivity index (χ4n) is 0.787. The van der Waals surface area contributed by atoms with Crippen LogP contribution in [0.2, 0.25) is 0 Å². The molecule has 0 aromatic heterocycles.